The Morgan fingerprint density at radius 3 is 1.58 bits per heavy atom. The Labute approximate surface area is 140 Å². The molecule has 2 heterocycles. The lowest BCUT2D eigenvalue weighted by molar-refractivity contribution is -0.117. The van der Waals surface area contributed by atoms with E-state index < -0.39 is 0 Å². The second kappa shape index (κ2) is 5.07. The lowest BCUT2D eigenvalue weighted by Gasteiger charge is -2.30. The third-order valence-electron chi connectivity index (χ3n) is 5.41. The van der Waals surface area contributed by atoms with Crippen molar-refractivity contribution < 1.29 is 19.1 Å². The highest BCUT2D eigenvalue weighted by atomic mass is 16.5. The first-order valence-corrected chi connectivity index (χ1v) is 8.71. The molecule has 0 N–H and O–H groups in total. The van der Waals surface area contributed by atoms with Crippen molar-refractivity contribution in [3.63, 3.8) is 0 Å². The van der Waals surface area contributed by atoms with Crippen LogP contribution in [0.4, 0.5) is 0 Å². The van der Waals surface area contributed by atoms with Crippen LogP contribution in [0, 0.1) is 0 Å². The van der Waals surface area contributed by atoms with Crippen molar-refractivity contribution in [3.05, 3.63) is 45.9 Å². The zero-order valence-corrected chi connectivity index (χ0v) is 13.4. The molecule has 0 spiro atoms. The van der Waals surface area contributed by atoms with E-state index in [0.29, 0.717) is 25.7 Å². The van der Waals surface area contributed by atoms with Gasteiger partial charge < -0.3 is 9.47 Å². The van der Waals surface area contributed by atoms with Crippen LogP contribution in [0.25, 0.3) is 0 Å². The summed E-state index contributed by atoms with van der Waals surface area (Å²) in [5.41, 5.74) is 3.68. The predicted octanol–water partition coefficient (Wildman–Crippen LogP) is 3.57. The number of carbonyl (C=O) groups excluding carboxylic acids is 2. The van der Waals surface area contributed by atoms with Crippen LogP contribution in [0.2, 0.25) is 0 Å². The molecule has 1 aromatic carbocycles. The topological polar surface area (TPSA) is 52.6 Å². The molecule has 0 unspecified atom stereocenters. The number of ether oxygens (including phenoxy) is 2. The Balaban J connectivity index is 1.53. The van der Waals surface area contributed by atoms with Gasteiger partial charge in [0.15, 0.2) is 11.6 Å². The molecule has 4 heteroatoms. The molecule has 4 nitrogen and oxygen atoms in total. The van der Waals surface area contributed by atoms with E-state index in [1.54, 1.807) is 0 Å². The minimum atomic E-state index is 0.211. The first-order chi connectivity index (χ1) is 11.7. The van der Waals surface area contributed by atoms with Crippen LogP contribution in [0.15, 0.2) is 34.8 Å². The van der Waals surface area contributed by atoms with Gasteiger partial charge in [0.1, 0.15) is 23.0 Å². The molecule has 2 aliphatic carbocycles. The molecule has 0 amide bonds. The van der Waals surface area contributed by atoms with E-state index in [4.69, 9.17) is 9.47 Å². The molecule has 0 radical (unpaired) electrons. The Hall–Kier alpha value is -2.36. The highest BCUT2D eigenvalue weighted by Gasteiger charge is 2.32. The van der Waals surface area contributed by atoms with Crippen LogP contribution in [0.5, 0.6) is 11.5 Å². The minimum absolute atomic E-state index is 0.211. The van der Waals surface area contributed by atoms with Crippen LogP contribution >= 0.6 is 0 Å². The van der Waals surface area contributed by atoms with Crippen LogP contribution < -0.4 is 9.47 Å². The highest BCUT2D eigenvalue weighted by molar-refractivity contribution is 5.98. The maximum absolute atomic E-state index is 12.1. The molecule has 0 saturated carbocycles. The molecule has 122 valence electrons. The average Bonchev–Trinajstić information content (AvgIpc) is 2.58. The number of fused-ring (bicyclic) bond motifs is 2. The molecule has 1 aromatic rings. The highest BCUT2D eigenvalue weighted by Crippen LogP contribution is 2.43. The van der Waals surface area contributed by atoms with Gasteiger partial charge >= 0.3 is 0 Å². The number of rotatable bonds is 0. The fourth-order valence-corrected chi connectivity index (χ4v) is 4.11. The third kappa shape index (κ3) is 2.05. The second-order valence-corrected chi connectivity index (χ2v) is 6.98. The lowest BCUT2D eigenvalue weighted by atomic mass is 9.86. The van der Waals surface area contributed by atoms with Crippen molar-refractivity contribution in [2.24, 2.45) is 0 Å². The van der Waals surface area contributed by atoms with Crippen LogP contribution in [-0.2, 0) is 22.4 Å². The zero-order valence-electron chi connectivity index (χ0n) is 13.4. The van der Waals surface area contributed by atoms with E-state index in [9.17, 15) is 9.59 Å². The minimum Gasteiger partial charge on any atom is -0.461 e. The van der Waals surface area contributed by atoms with Gasteiger partial charge in [-0.05, 0) is 25.0 Å². The number of hydrogen-bond donors (Lipinski definition) is 0. The summed E-state index contributed by atoms with van der Waals surface area (Å²) in [7, 11) is 0. The molecule has 0 saturated heterocycles. The van der Waals surface area contributed by atoms with Gasteiger partial charge in [-0.25, -0.2) is 0 Å². The summed E-state index contributed by atoms with van der Waals surface area (Å²) < 4.78 is 12.1. The van der Waals surface area contributed by atoms with Gasteiger partial charge in [0, 0.05) is 60.8 Å². The van der Waals surface area contributed by atoms with Crippen molar-refractivity contribution in [2.45, 2.75) is 51.4 Å². The smallest absolute Gasteiger partial charge is 0.162 e. The Morgan fingerprint density at radius 2 is 1.12 bits per heavy atom. The summed E-state index contributed by atoms with van der Waals surface area (Å²) >= 11 is 0. The van der Waals surface area contributed by atoms with Gasteiger partial charge in [0.05, 0.1) is 0 Å². The van der Waals surface area contributed by atoms with E-state index in [0.717, 1.165) is 71.0 Å². The van der Waals surface area contributed by atoms with Crippen molar-refractivity contribution in [2.75, 3.05) is 0 Å². The van der Waals surface area contributed by atoms with Gasteiger partial charge in [-0.2, -0.15) is 0 Å². The zero-order chi connectivity index (χ0) is 16.3. The molecular weight excluding hydrogens is 304 g/mol. The van der Waals surface area contributed by atoms with Crippen LogP contribution in [-0.4, -0.2) is 11.6 Å². The average molecular weight is 322 g/mol. The van der Waals surface area contributed by atoms with E-state index in [2.05, 4.69) is 0 Å². The molecule has 5 rings (SSSR count). The summed E-state index contributed by atoms with van der Waals surface area (Å²) in [6.07, 6.45) is 5.91. The van der Waals surface area contributed by atoms with Gasteiger partial charge in [0.2, 0.25) is 0 Å². The molecule has 2 aliphatic heterocycles. The van der Waals surface area contributed by atoms with Gasteiger partial charge in [-0.3, -0.25) is 9.59 Å². The van der Waals surface area contributed by atoms with Gasteiger partial charge in [-0.1, -0.05) is 0 Å². The van der Waals surface area contributed by atoms with Crippen molar-refractivity contribution in [1.82, 2.24) is 0 Å². The summed E-state index contributed by atoms with van der Waals surface area (Å²) in [6, 6.07) is 4.00. The van der Waals surface area contributed by atoms with Crippen molar-refractivity contribution >= 4 is 11.6 Å². The summed E-state index contributed by atoms with van der Waals surface area (Å²) in [5.74, 6) is 3.73. The number of Topliss-reactive ketones (excluding diaryl/α,β-unsaturated/α-hetero) is 2. The maximum atomic E-state index is 12.1. The largest absolute Gasteiger partial charge is 0.461 e. The molecule has 24 heavy (non-hydrogen) atoms. The summed E-state index contributed by atoms with van der Waals surface area (Å²) in [6.45, 7) is 0. The van der Waals surface area contributed by atoms with E-state index in [-0.39, 0.29) is 11.6 Å². The molecule has 0 fully saturated rings. The summed E-state index contributed by atoms with van der Waals surface area (Å²) in [5, 5.41) is 0. The number of carbonyl (C=O) groups is 2. The monoisotopic (exact) mass is 322 g/mol. The normalized spacial score (nSPS) is 22.2. The molecule has 0 atom stereocenters. The fourth-order valence-electron chi connectivity index (χ4n) is 4.11. The first kappa shape index (κ1) is 14.0. The van der Waals surface area contributed by atoms with E-state index in [1.165, 1.54) is 0 Å². The van der Waals surface area contributed by atoms with Crippen LogP contribution in [0.1, 0.15) is 49.7 Å². The summed E-state index contributed by atoms with van der Waals surface area (Å²) in [4.78, 5) is 24.3. The number of ketones is 2. The lowest BCUT2D eigenvalue weighted by Crippen LogP contribution is -2.23. The molecular formula is C20H18O4. The number of benzene rings is 1. The maximum Gasteiger partial charge on any atom is 0.162 e. The fraction of sp³-hybridized carbons (Fsp3) is 0.400. The SMILES string of the molecule is O=C1CCCC2=C1Cc1cc3c(cc1O2)CC1=C(CCCC1=O)O3. The Bertz CT molecular complexity index is 785. The predicted molar refractivity (Wildman–Crippen MR) is 86.9 cm³/mol. The van der Waals surface area contributed by atoms with E-state index in [1.807, 2.05) is 12.1 Å². The number of allylic oxidation sites excluding steroid dienone is 4. The standard InChI is InChI=1S/C20H18O4/c21-15-3-1-5-17-13(15)7-11-10-20-12(9-19(11)23-17)8-14-16(22)4-2-6-18(14)24-20/h9-10H,1-8H2. The van der Waals surface area contributed by atoms with Crippen molar-refractivity contribution in [1.29, 1.82) is 0 Å². The quantitative estimate of drug-likeness (QED) is 0.733. The van der Waals surface area contributed by atoms with E-state index >= 15 is 0 Å². The number of hydrogen-bond acceptors (Lipinski definition) is 4. The second-order valence-electron chi connectivity index (χ2n) is 6.98. The van der Waals surface area contributed by atoms with Crippen molar-refractivity contribution in [3.8, 4) is 11.5 Å². The molecule has 0 bridgehead atoms. The Morgan fingerprint density at radius 1 is 0.667 bits per heavy atom. The molecule has 0 aromatic heterocycles. The third-order valence-corrected chi connectivity index (χ3v) is 5.41. The van der Waals surface area contributed by atoms with Crippen LogP contribution in [0.3, 0.4) is 0 Å². The van der Waals surface area contributed by atoms with Gasteiger partial charge in [-0.15, -0.1) is 0 Å². The Kier molecular flexibility index (Phi) is 2.96. The van der Waals surface area contributed by atoms with Gasteiger partial charge in [0.25, 0.3) is 0 Å². The molecule has 4 aliphatic rings. The first-order valence-electron chi connectivity index (χ1n) is 8.71.